The molecule has 0 aliphatic carbocycles. The number of ether oxygens (including phenoxy) is 4. The van der Waals surface area contributed by atoms with Crippen LogP contribution in [0.15, 0.2) is 75.9 Å². The first-order chi connectivity index (χ1) is 15.6. The Hall–Kier alpha value is -3.97. The molecule has 0 amide bonds. The number of aromatic hydroxyl groups is 1. The van der Waals surface area contributed by atoms with Gasteiger partial charge in [0.05, 0.1) is 7.11 Å². The summed E-state index contributed by atoms with van der Waals surface area (Å²) in [5.41, 5.74) is 1.37. The second-order valence-electron chi connectivity index (χ2n) is 6.96. The Bertz CT molecular complexity index is 1260. The van der Waals surface area contributed by atoms with Crippen molar-refractivity contribution in [2.75, 3.05) is 21.0 Å². The van der Waals surface area contributed by atoms with Gasteiger partial charge < -0.3 is 28.5 Å². The van der Waals surface area contributed by atoms with Gasteiger partial charge in [0.25, 0.3) is 0 Å². The highest BCUT2D eigenvalue weighted by Gasteiger charge is 2.20. The van der Waals surface area contributed by atoms with E-state index in [-0.39, 0.29) is 35.0 Å². The minimum absolute atomic E-state index is 0.00341. The summed E-state index contributed by atoms with van der Waals surface area (Å²) in [6, 6.07) is 19.8. The molecule has 0 bridgehead atoms. The number of phenolic OH excluding ortho intramolecular Hbond substituents is 1. The van der Waals surface area contributed by atoms with Crippen molar-refractivity contribution in [3.63, 3.8) is 0 Å². The number of hydrogen-bond acceptors (Lipinski definition) is 7. The Kier molecular flexibility index (Phi) is 6.28. The van der Waals surface area contributed by atoms with Gasteiger partial charge >= 0.3 is 0 Å². The molecule has 0 saturated heterocycles. The Morgan fingerprint density at radius 2 is 1.66 bits per heavy atom. The zero-order chi connectivity index (χ0) is 22.5. The van der Waals surface area contributed by atoms with E-state index in [1.165, 1.54) is 26.4 Å². The normalized spacial score (nSPS) is 10.8. The fraction of sp³-hybridized carbons (Fsp3) is 0.160. The Morgan fingerprint density at radius 1 is 0.906 bits per heavy atom. The number of benzene rings is 3. The molecule has 7 heteroatoms. The van der Waals surface area contributed by atoms with E-state index in [1.807, 2.05) is 30.3 Å². The highest BCUT2D eigenvalue weighted by molar-refractivity contribution is 5.88. The van der Waals surface area contributed by atoms with Crippen molar-refractivity contribution in [3.8, 4) is 34.3 Å². The molecule has 0 unspecified atom stereocenters. The first kappa shape index (κ1) is 21.3. The van der Waals surface area contributed by atoms with Crippen molar-refractivity contribution >= 4 is 11.0 Å². The largest absolute Gasteiger partial charge is 0.507 e. The van der Waals surface area contributed by atoms with Crippen LogP contribution in [0.3, 0.4) is 0 Å². The Balaban J connectivity index is 1.68. The molecule has 0 fully saturated rings. The molecular formula is C25H22O7. The zero-order valence-corrected chi connectivity index (χ0v) is 17.7. The second kappa shape index (κ2) is 9.45. The third-order valence-corrected chi connectivity index (χ3v) is 4.82. The topological polar surface area (TPSA) is 87.4 Å². The predicted octanol–water partition coefficient (Wildman–Crippen LogP) is 4.74. The third kappa shape index (κ3) is 4.38. The van der Waals surface area contributed by atoms with Crippen molar-refractivity contribution in [3.05, 3.63) is 82.5 Å². The lowest BCUT2D eigenvalue weighted by Gasteiger charge is -2.12. The van der Waals surface area contributed by atoms with Gasteiger partial charge in [-0.25, -0.2) is 0 Å². The highest BCUT2D eigenvalue weighted by Crippen LogP contribution is 2.36. The van der Waals surface area contributed by atoms with Crippen LogP contribution in [-0.4, -0.2) is 26.1 Å². The van der Waals surface area contributed by atoms with Gasteiger partial charge in [0.15, 0.2) is 12.6 Å². The SMILES string of the molecule is COCOc1cc(O)c2c(=O)c(OC)c(-c3ccc(OCc4ccccc4)cc3)oc2c1. The number of rotatable bonds is 8. The molecule has 7 nitrogen and oxygen atoms in total. The molecule has 32 heavy (non-hydrogen) atoms. The first-order valence-electron chi connectivity index (χ1n) is 9.87. The number of hydrogen-bond donors (Lipinski definition) is 1. The van der Waals surface area contributed by atoms with Gasteiger partial charge in [0.2, 0.25) is 11.2 Å². The van der Waals surface area contributed by atoms with E-state index in [1.54, 1.807) is 24.3 Å². The van der Waals surface area contributed by atoms with E-state index < -0.39 is 5.43 Å². The van der Waals surface area contributed by atoms with Gasteiger partial charge in [0.1, 0.15) is 34.8 Å². The molecule has 0 aliphatic rings. The molecule has 1 heterocycles. The van der Waals surface area contributed by atoms with Crippen LogP contribution in [0, 0.1) is 0 Å². The van der Waals surface area contributed by atoms with Crippen LogP contribution in [0.1, 0.15) is 5.56 Å². The van der Waals surface area contributed by atoms with E-state index in [0.717, 1.165) is 5.56 Å². The lowest BCUT2D eigenvalue weighted by molar-refractivity contribution is 0.0510. The highest BCUT2D eigenvalue weighted by atomic mass is 16.7. The first-order valence-corrected chi connectivity index (χ1v) is 9.87. The van der Waals surface area contributed by atoms with E-state index in [9.17, 15) is 9.90 Å². The van der Waals surface area contributed by atoms with Crippen LogP contribution < -0.4 is 19.6 Å². The second-order valence-corrected chi connectivity index (χ2v) is 6.96. The van der Waals surface area contributed by atoms with Crippen LogP contribution in [0.5, 0.6) is 23.0 Å². The molecule has 1 N–H and O–H groups in total. The molecule has 0 radical (unpaired) electrons. The quantitative estimate of drug-likeness (QED) is 0.401. The fourth-order valence-electron chi connectivity index (χ4n) is 3.29. The predicted molar refractivity (Wildman–Crippen MR) is 119 cm³/mol. The molecular weight excluding hydrogens is 412 g/mol. The summed E-state index contributed by atoms with van der Waals surface area (Å²) in [6.07, 6.45) is 0. The smallest absolute Gasteiger partial charge is 0.239 e. The molecule has 3 aromatic carbocycles. The Labute approximate surface area is 184 Å². The fourth-order valence-corrected chi connectivity index (χ4v) is 3.29. The summed E-state index contributed by atoms with van der Waals surface area (Å²) in [5, 5.41) is 10.4. The van der Waals surface area contributed by atoms with Gasteiger partial charge in [-0.05, 0) is 29.8 Å². The summed E-state index contributed by atoms with van der Waals surface area (Å²) in [4.78, 5) is 13.0. The van der Waals surface area contributed by atoms with E-state index in [4.69, 9.17) is 23.4 Å². The monoisotopic (exact) mass is 434 g/mol. The van der Waals surface area contributed by atoms with Gasteiger partial charge in [-0.2, -0.15) is 0 Å². The van der Waals surface area contributed by atoms with Crippen molar-refractivity contribution in [1.29, 1.82) is 0 Å². The summed E-state index contributed by atoms with van der Waals surface area (Å²) in [6.45, 7) is 0.431. The minimum atomic E-state index is -0.482. The average Bonchev–Trinajstić information content (AvgIpc) is 2.82. The van der Waals surface area contributed by atoms with Gasteiger partial charge in [-0.3, -0.25) is 4.79 Å². The maximum Gasteiger partial charge on any atom is 0.239 e. The lowest BCUT2D eigenvalue weighted by Crippen LogP contribution is -2.08. The molecule has 0 atom stereocenters. The molecule has 0 saturated carbocycles. The molecule has 1 aromatic heterocycles. The van der Waals surface area contributed by atoms with Crippen molar-refractivity contribution in [1.82, 2.24) is 0 Å². The van der Waals surface area contributed by atoms with Crippen LogP contribution >= 0.6 is 0 Å². The molecule has 164 valence electrons. The van der Waals surface area contributed by atoms with Gasteiger partial charge in [-0.15, -0.1) is 0 Å². The average molecular weight is 434 g/mol. The zero-order valence-electron chi connectivity index (χ0n) is 17.7. The third-order valence-electron chi connectivity index (χ3n) is 4.82. The number of methoxy groups -OCH3 is 2. The maximum absolute atomic E-state index is 13.0. The van der Waals surface area contributed by atoms with Crippen molar-refractivity contribution < 1.29 is 28.5 Å². The lowest BCUT2D eigenvalue weighted by atomic mass is 10.1. The minimum Gasteiger partial charge on any atom is -0.507 e. The van der Waals surface area contributed by atoms with Gasteiger partial charge in [-0.1, -0.05) is 30.3 Å². The van der Waals surface area contributed by atoms with Crippen LogP contribution in [-0.2, 0) is 11.3 Å². The standard InChI is InChI=1S/C25H22O7/c1-28-15-31-19-12-20(26)22-21(13-19)32-24(25(29-2)23(22)27)17-8-10-18(11-9-17)30-14-16-6-4-3-5-7-16/h3-13,26H,14-15H2,1-2H3. The summed E-state index contributed by atoms with van der Waals surface area (Å²) in [7, 11) is 2.86. The van der Waals surface area contributed by atoms with E-state index >= 15 is 0 Å². The van der Waals surface area contributed by atoms with Gasteiger partial charge in [0, 0.05) is 24.8 Å². The van der Waals surface area contributed by atoms with Crippen LogP contribution in [0.2, 0.25) is 0 Å². The molecule has 4 rings (SSSR count). The number of fused-ring (bicyclic) bond motifs is 1. The summed E-state index contributed by atoms with van der Waals surface area (Å²) in [5.74, 6) is 0.949. The van der Waals surface area contributed by atoms with E-state index in [2.05, 4.69) is 0 Å². The van der Waals surface area contributed by atoms with Crippen molar-refractivity contribution in [2.24, 2.45) is 0 Å². The number of phenols is 1. The van der Waals surface area contributed by atoms with Crippen molar-refractivity contribution in [2.45, 2.75) is 6.61 Å². The van der Waals surface area contributed by atoms with Crippen LogP contribution in [0.25, 0.3) is 22.3 Å². The molecule has 0 spiro atoms. The Morgan fingerprint density at radius 3 is 2.34 bits per heavy atom. The summed E-state index contributed by atoms with van der Waals surface area (Å²) >= 11 is 0. The van der Waals surface area contributed by atoms with E-state index in [0.29, 0.717) is 23.7 Å². The maximum atomic E-state index is 13.0. The summed E-state index contributed by atoms with van der Waals surface area (Å²) < 4.78 is 27.4. The molecule has 4 aromatic rings. The molecule has 0 aliphatic heterocycles. The van der Waals surface area contributed by atoms with Crippen LogP contribution in [0.4, 0.5) is 0 Å².